The van der Waals surface area contributed by atoms with Crippen LogP contribution in [-0.4, -0.2) is 14.5 Å². The van der Waals surface area contributed by atoms with Crippen LogP contribution >= 0.6 is 15.9 Å². The second kappa shape index (κ2) is 7.67. The minimum atomic E-state index is -3.91. The van der Waals surface area contributed by atoms with Crippen molar-refractivity contribution in [3.8, 4) is 0 Å². The van der Waals surface area contributed by atoms with Crippen LogP contribution in [0.5, 0.6) is 0 Å². The Morgan fingerprint density at radius 3 is 2.52 bits per heavy atom. The minimum Gasteiger partial charge on any atom is -0.326 e. The molecule has 0 amide bonds. The van der Waals surface area contributed by atoms with Crippen LogP contribution in [-0.2, 0) is 16.6 Å². The summed E-state index contributed by atoms with van der Waals surface area (Å²) < 4.78 is 41.9. The summed E-state index contributed by atoms with van der Waals surface area (Å²) in [5.74, 6) is -0.390. The third-order valence-electron chi connectivity index (χ3n) is 3.40. The predicted molar refractivity (Wildman–Crippen MR) is 85.8 cm³/mol. The molecule has 1 aromatic carbocycles. The van der Waals surface area contributed by atoms with Crippen LogP contribution in [0.15, 0.2) is 21.5 Å². The molecule has 3 N–H and O–H groups in total. The van der Waals surface area contributed by atoms with E-state index < -0.39 is 15.8 Å². The van der Waals surface area contributed by atoms with E-state index in [9.17, 15) is 12.8 Å². The van der Waals surface area contributed by atoms with E-state index in [1.165, 1.54) is 12.1 Å². The smallest absolute Gasteiger partial charge is 0.243 e. The molecule has 0 aromatic heterocycles. The lowest BCUT2D eigenvalue weighted by molar-refractivity contribution is 0.444. The number of nitrogens with one attached hydrogen (secondary N) is 1. The zero-order valence-corrected chi connectivity index (χ0v) is 14.9. The minimum absolute atomic E-state index is 0.0593. The predicted octanol–water partition coefficient (Wildman–Crippen LogP) is 3.15. The van der Waals surface area contributed by atoms with Gasteiger partial charge in [0.05, 0.1) is 0 Å². The van der Waals surface area contributed by atoms with Gasteiger partial charge in [0.25, 0.3) is 0 Å². The molecule has 1 aromatic rings. The highest BCUT2D eigenvalue weighted by Crippen LogP contribution is 2.24. The SMILES string of the molecule is CCC(C)CC(C)NS(=O)(=O)c1cc(Br)cc(CN)c1F. The van der Waals surface area contributed by atoms with Crippen molar-refractivity contribution in [1.29, 1.82) is 0 Å². The molecule has 0 radical (unpaired) electrons. The first-order valence-corrected chi connectivity index (χ1v) is 9.19. The van der Waals surface area contributed by atoms with E-state index in [1.807, 2.05) is 6.92 Å². The molecule has 120 valence electrons. The van der Waals surface area contributed by atoms with Crippen LogP contribution in [0.3, 0.4) is 0 Å². The maximum absolute atomic E-state index is 14.2. The van der Waals surface area contributed by atoms with Gasteiger partial charge in [0, 0.05) is 22.6 Å². The molecule has 0 saturated carbocycles. The molecule has 0 aliphatic carbocycles. The molecular formula is C14H22BrFN2O2S. The van der Waals surface area contributed by atoms with Crippen LogP contribution in [0.25, 0.3) is 0 Å². The largest absolute Gasteiger partial charge is 0.326 e. The molecule has 0 heterocycles. The molecule has 2 unspecified atom stereocenters. The lowest BCUT2D eigenvalue weighted by atomic mass is 10.0. The van der Waals surface area contributed by atoms with Crippen molar-refractivity contribution in [3.05, 3.63) is 28.0 Å². The summed E-state index contributed by atoms with van der Waals surface area (Å²) in [5, 5.41) is 0. The second-order valence-corrected chi connectivity index (χ2v) is 7.95. The fourth-order valence-electron chi connectivity index (χ4n) is 2.11. The lowest BCUT2D eigenvalue weighted by Crippen LogP contribution is -2.34. The van der Waals surface area contributed by atoms with Crippen LogP contribution < -0.4 is 10.5 Å². The average molecular weight is 381 g/mol. The molecule has 0 fully saturated rings. The summed E-state index contributed by atoms with van der Waals surface area (Å²) in [6, 6.07) is 2.48. The van der Waals surface area contributed by atoms with E-state index in [4.69, 9.17) is 5.73 Å². The molecule has 21 heavy (non-hydrogen) atoms. The Morgan fingerprint density at radius 2 is 2.00 bits per heavy atom. The highest BCUT2D eigenvalue weighted by molar-refractivity contribution is 9.10. The first-order chi connectivity index (χ1) is 9.71. The summed E-state index contributed by atoms with van der Waals surface area (Å²) in [6.07, 6.45) is 1.67. The average Bonchev–Trinajstić information content (AvgIpc) is 2.39. The van der Waals surface area contributed by atoms with Gasteiger partial charge in [-0.15, -0.1) is 0 Å². The summed E-state index contributed by atoms with van der Waals surface area (Å²) >= 11 is 3.18. The number of benzene rings is 1. The van der Waals surface area contributed by atoms with Crippen molar-refractivity contribution in [3.63, 3.8) is 0 Å². The van der Waals surface area contributed by atoms with Gasteiger partial charge in [-0.2, -0.15) is 0 Å². The molecule has 0 aliphatic heterocycles. The number of sulfonamides is 1. The summed E-state index contributed by atoms with van der Waals surface area (Å²) in [4.78, 5) is -0.367. The van der Waals surface area contributed by atoms with Crippen molar-refractivity contribution >= 4 is 26.0 Å². The molecule has 0 aliphatic rings. The first-order valence-electron chi connectivity index (χ1n) is 6.91. The van der Waals surface area contributed by atoms with Gasteiger partial charge in [0.15, 0.2) is 0 Å². The molecule has 0 bridgehead atoms. The number of nitrogens with two attached hydrogens (primary N) is 1. The topological polar surface area (TPSA) is 72.2 Å². The van der Waals surface area contributed by atoms with Gasteiger partial charge in [0.2, 0.25) is 10.0 Å². The molecule has 0 spiro atoms. The molecule has 2 atom stereocenters. The van der Waals surface area contributed by atoms with Crippen molar-refractivity contribution in [2.75, 3.05) is 0 Å². The standard InChI is InChI=1S/C14H22BrFN2O2S/c1-4-9(2)5-10(3)18-21(19,20)13-7-12(15)6-11(8-17)14(13)16/h6-7,9-10,18H,4-5,8,17H2,1-3H3. The first kappa shape index (κ1) is 18.5. The normalized spacial score (nSPS) is 15.0. The Labute approximate surface area is 134 Å². The quantitative estimate of drug-likeness (QED) is 0.762. The van der Waals surface area contributed by atoms with Gasteiger partial charge in [-0.25, -0.2) is 17.5 Å². The number of halogens is 2. The highest BCUT2D eigenvalue weighted by atomic mass is 79.9. The van der Waals surface area contributed by atoms with Crippen LogP contribution in [0.2, 0.25) is 0 Å². The van der Waals surface area contributed by atoms with Crippen LogP contribution in [0, 0.1) is 11.7 Å². The fraction of sp³-hybridized carbons (Fsp3) is 0.571. The van der Waals surface area contributed by atoms with E-state index in [1.54, 1.807) is 6.92 Å². The monoisotopic (exact) mass is 380 g/mol. The summed E-state index contributed by atoms with van der Waals surface area (Å²) in [7, 11) is -3.91. The van der Waals surface area contributed by atoms with Crippen molar-refractivity contribution < 1.29 is 12.8 Å². The Hall–Kier alpha value is -0.500. The molecular weight excluding hydrogens is 359 g/mol. The Morgan fingerprint density at radius 1 is 1.38 bits per heavy atom. The number of hydrogen-bond acceptors (Lipinski definition) is 3. The number of hydrogen-bond donors (Lipinski definition) is 2. The van der Waals surface area contributed by atoms with Gasteiger partial charge in [-0.05, 0) is 31.4 Å². The van der Waals surface area contributed by atoms with E-state index >= 15 is 0 Å². The maximum Gasteiger partial charge on any atom is 0.243 e. The molecule has 1 rings (SSSR count). The van der Waals surface area contributed by atoms with E-state index in [0.29, 0.717) is 16.8 Å². The molecule has 7 heteroatoms. The van der Waals surface area contributed by atoms with Gasteiger partial charge in [-0.1, -0.05) is 36.2 Å². The third-order valence-corrected chi connectivity index (χ3v) is 5.44. The Bertz CT molecular complexity index is 593. The van der Waals surface area contributed by atoms with E-state index in [0.717, 1.165) is 6.42 Å². The molecule has 0 saturated heterocycles. The summed E-state index contributed by atoms with van der Waals surface area (Å²) in [6.45, 7) is 5.82. The van der Waals surface area contributed by atoms with Gasteiger partial charge < -0.3 is 5.73 Å². The van der Waals surface area contributed by atoms with Crippen LogP contribution in [0.1, 0.15) is 39.2 Å². The molecule has 4 nitrogen and oxygen atoms in total. The zero-order valence-electron chi connectivity index (χ0n) is 12.5. The van der Waals surface area contributed by atoms with Crippen molar-refractivity contribution in [2.24, 2.45) is 11.7 Å². The fourth-order valence-corrected chi connectivity index (χ4v) is 4.17. The van der Waals surface area contributed by atoms with E-state index in [2.05, 4.69) is 27.6 Å². The Kier molecular flexibility index (Phi) is 6.77. The zero-order chi connectivity index (χ0) is 16.2. The van der Waals surface area contributed by atoms with Gasteiger partial charge >= 0.3 is 0 Å². The van der Waals surface area contributed by atoms with E-state index in [-0.39, 0.29) is 23.0 Å². The maximum atomic E-state index is 14.2. The summed E-state index contributed by atoms with van der Waals surface area (Å²) in [5.41, 5.74) is 5.61. The third kappa shape index (κ3) is 5.02. The number of rotatable bonds is 7. The van der Waals surface area contributed by atoms with Crippen LogP contribution in [0.4, 0.5) is 4.39 Å². The van der Waals surface area contributed by atoms with Crippen molar-refractivity contribution in [1.82, 2.24) is 4.72 Å². The Balaban J connectivity index is 3.06. The van der Waals surface area contributed by atoms with Gasteiger partial charge in [0.1, 0.15) is 10.7 Å². The van der Waals surface area contributed by atoms with Crippen molar-refractivity contribution in [2.45, 2.75) is 51.1 Å². The van der Waals surface area contributed by atoms with Gasteiger partial charge in [-0.3, -0.25) is 0 Å². The second-order valence-electron chi connectivity index (χ2n) is 5.35. The lowest BCUT2D eigenvalue weighted by Gasteiger charge is -2.18. The highest BCUT2D eigenvalue weighted by Gasteiger charge is 2.24.